The van der Waals surface area contributed by atoms with Crippen LogP contribution in [-0.2, 0) is 22.3 Å². The molecule has 0 atom stereocenters. The molecule has 0 radical (unpaired) electrons. The van der Waals surface area contributed by atoms with Gasteiger partial charge < -0.3 is 40.9 Å². The van der Waals surface area contributed by atoms with Gasteiger partial charge in [0, 0.05) is 17.4 Å². The third kappa shape index (κ3) is 9.64. The first-order valence-electron chi connectivity index (χ1n) is 6.66. The predicted molar refractivity (Wildman–Crippen MR) is 99.8 cm³/mol. The number of nitrogens with zero attached hydrogens (tertiary/aromatic N) is 1. The molecular weight excluding hydrogens is 461 g/mol. The lowest BCUT2D eigenvalue weighted by Gasteiger charge is -2.11. The minimum Gasteiger partial charge on any atom is -0.399 e. The molecule has 14 nitrogen and oxygen atoms in total. The van der Waals surface area contributed by atoms with Crippen molar-refractivity contribution in [3.63, 3.8) is 0 Å². The number of nitrogens with two attached hydrogens (primary N) is 2. The number of aromatic nitrogens is 2. The summed E-state index contributed by atoms with van der Waals surface area (Å²) >= 11 is 4.86. The summed E-state index contributed by atoms with van der Waals surface area (Å²) in [5.74, 6) is 0.420. The van der Waals surface area contributed by atoms with E-state index in [1.165, 1.54) is 0 Å². The second-order valence-electron chi connectivity index (χ2n) is 4.74. The first-order valence-corrected chi connectivity index (χ1v) is 11.6. The molecule has 0 aliphatic rings. The number of hydrogen-bond acceptors (Lipinski definition) is 9. The molecule has 0 aliphatic carbocycles. The molecule has 0 bridgehead atoms. The highest BCUT2D eigenvalue weighted by Crippen LogP contribution is 2.64. The highest BCUT2D eigenvalue weighted by atomic mass is 32.1. The first-order chi connectivity index (χ1) is 12.6. The summed E-state index contributed by atoms with van der Waals surface area (Å²) in [7, 11) is -16.2. The fraction of sp³-hybridized carbons (Fsp3) is 0. The molecule has 18 heteroatoms. The van der Waals surface area contributed by atoms with Gasteiger partial charge in [0.1, 0.15) is 5.82 Å². The Bertz CT molecular complexity index is 989. The summed E-state index contributed by atoms with van der Waals surface area (Å²) in [5, 5.41) is 0. The predicted octanol–water partition coefficient (Wildman–Crippen LogP) is 1.28. The van der Waals surface area contributed by atoms with Gasteiger partial charge in [0.05, 0.1) is 0 Å². The third-order valence-electron chi connectivity index (χ3n) is 2.48. The second-order valence-corrected chi connectivity index (χ2v) is 9.33. The van der Waals surface area contributed by atoms with Crippen LogP contribution in [0.2, 0.25) is 0 Å². The number of aromatic amines is 1. The van der Waals surface area contributed by atoms with Crippen molar-refractivity contribution in [2.75, 3.05) is 11.5 Å². The van der Waals surface area contributed by atoms with Gasteiger partial charge in [-0.15, -0.1) is 0 Å². The minimum atomic E-state index is -5.46. The Kier molecular flexibility index (Phi) is 8.21. The highest BCUT2D eigenvalue weighted by molar-refractivity contribution is 7.71. The van der Waals surface area contributed by atoms with Crippen molar-refractivity contribution in [3.05, 3.63) is 35.2 Å². The fourth-order valence-electron chi connectivity index (χ4n) is 1.59. The lowest BCUT2D eigenvalue weighted by atomic mass is 10.1. The average molecular weight is 476 g/mol. The van der Waals surface area contributed by atoms with Crippen LogP contribution in [0.3, 0.4) is 0 Å². The molecular formula is C10H15N4O10P3S. The standard InChI is InChI=1S/C10H10N4S.H5O10P3/c11-7-3-1-6(2-4-7)8-5-13-10(15)14-9(8)12;1-11(2,3)9-13(7,8)10-12(4,5)6/h1-5H,11H2,(H3,12,13,14,15);(H,7,8)(H2,1,2,3)(H2,4,5,6). The van der Waals surface area contributed by atoms with Crippen molar-refractivity contribution in [2.45, 2.75) is 0 Å². The maximum absolute atomic E-state index is 10.4. The van der Waals surface area contributed by atoms with Gasteiger partial charge in [0.2, 0.25) is 0 Å². The average Bonchev–Trinajstić information content (AvgIpc) is 2.44. The molecule has 28 heavy (non-hydrogen) atoms. The number of nitrogens with one attached hydrogen (secondary N) is 1. The molecule has 0 spiro atoms. The Morgan fingerprint density at radius 2 is 1.39 bits per heavy atom. The zero-order valence-electron chi connectivity index (χ0n) is 13.5. The Balaban J connectivity index is 0.000000284. The minimum absolute atomic E-state index is 0.381. The number of H-pyrrole nitrogens is 1. The number of benzene rings is 1. The molecule has 0 saturated heterocycles. The van der Waals surface area contributed by atoms with Crippen LogP contribution in [0, 0.1) is 4.77 Å². The molecule has 1 aromatic carbocycles. The number of nitrogen functional groups attached to an aromatic ring is 2. The van der Waals surface area contributed by atoms with Crippen molar-refractivity contribution in [3.8, 4) is 11.1 Å². The largest absolute Gasteiger partial charge is 0.490 e. The summed E-state index contributed by atoms with van der Waals surface area (Å²) in [5.41, 5.74) is 13.9. The molecule has 2 rings (SSSR count). The van der Waals surface area contributed by atoms with Gasteiger partial charge >= 0.3 is 23.5 Å². The van der Waals surface area contributed by atoms with E-state index in [9.17, 15) is 13.7 Å². The number of rotatable bonds is 5. The van der Waals surface area contributed by atoms with Crippen LogP contribution in [0.1, 0.15) is 0 Å². The molecule has 156 valence electrons. The second kappa shape index (κ2) is 9.35. The molecule has 1 aromatic heterocycles. The highest BCUT2D eigenvalue weighted by Gasteiger charge is 2.38. The summed E-state index contributed by atoms with van der Waals surface area (Å²) in [6.07, 6.45) is 1.75. The SMILES string of the molecule is Nc1ccc(-c2c[nH]c(=S)nc2N)cc1.O=P(O)(O)OP(=O)(O)OP(=O)(O)O. The van der Waals surface area contributed by atoms with Crippen molar-refractivity contribution >= 4 is 47.2 Å². The van der Waals surface area contributed by atoms with Crippen LogP contribution < -0.4 is 11.5 Å². The molecule has 0 amide bonds. The maximum Gasteiger partial charge on any atom is 0.490 e. The van der Waals surface area contributed by atoms with Crippen molar-refractivity contribution in [2.24, 2.45) is 0 Å². The maximum atomic E-state index is 10.4. The molecule has 0 unspecified atom stereocenters. The molecule has 10 N–H and O–H groups in total. The van der Waals surface area contributed by atoms with Crippen molar-refractivity contribution in [1.29, 1.82) is 0 Å². The normalized spacial score (nSPS) is 12.2. The summed E-state index contributed by atoms with van der Waals surface area (Å²) in [4.78, 5) is 47.0. The van der Waals surface area contributed by atoms with Gasteiger partial charge in [0.25, 0.3) is 0 Å². The summed E-state index contributed by atoms with van der Waals surface area (Å²) in [6, 6.07) is 7.41. The summed E-state index contributed by atoms with van der Waals surface area (Å²) < 4.78 is 36.8. The molecule has 0 aliphatic heterocycles. The fourth-order valence-corrected chi connectivity index (χ4v) is 4.28. The lowest BCUT2D eigenvalue weighted by molar-refractivity contribution is 0.204. The van der Waals surface area contributed by atoms with E-state index in [1.54, 1.807) is 6.20 Å². The first kappa shape index (κ1) is 24.6. The molecule has 1 heterocycles. The van der Waals surface area contributed by atoms with E-state index >= 15 is 0 Å². The van der Waals surface area contributed by atoms with Gasteiger partial charge in [-0.3, -0.25) is 0 Å². The van der Waals surface area contributed by atoms with Crippen LogP contribution in [0.25, 0.3) is 11.1 Å². The van der Waals surface area contributed by atoms with E-state index in [0.29, 0.717) is 16.3 Å². The van der Waals surface area contributed by atoms with Gasteiger partial charge in [-0.2, -0.15) is 8.62 Å². The molecule has 0 saturated carbocycles. The lowest BCUT2D eigenvalue weighted by Crippen LogP contribution is -1.96. The van der Waals surface area contributed by atoms with Crippen LogP contribution in [-0.4, -0.2) is 34.4 Å². The number of anilines is 2. The third-order valence-corrected chi connectivity index (χ3v) is 6.04. The van der Waals surface area contributed by atoms with E-state index in [4.69, 9.17) is 48.2 Å². The number of hydrogen-bond donors (Lipinski definition) is 8. The smallest absolute Gasteiger partial charge is 0.399 e. The zero-order chi connectivity index (χ0) is 21.8. The molecule has 0 fully saturated rings. The topological polar surface area (TPSA) is 252 Å². The van der Waals surface area contributed by atoms with E-state index in [-0.39, 0.29) is 0 Å². The van der Waals surface area contributed by atoms with Gasteiger partial charge in [0.15, 0.2) is 4.77 Å². The number of phosphoric acid groups is 3. The van der Waals surface area contributed by atoms with E-state index in [1.807, 2.05) is 24.3 Å². The van der Waals surface area contributed by atoms with Crippen molar-refractivity contribution < 1.29 is 46.8 Å². The van der Waals surface area contributed by atoms with Gasteiger partial charge in [-0.05, 0) is 29.9 Å². The van der Waals surface area contributed by atoms with Gasteiger partial charge in [-0.25, -0.2) is 18.7 Å². The van der Waals surface area contributed by atoms with E-state index in [2.05, 4.69) is 18.6 Å². The zero-order valence-corrected chi connectivity index (χ0v) is 17.0. The van der Waals surface area contributed by atoms with Gasteiger partial charge in [-0.1, -0.05) is 12.1 Å². The summed E-state index contributed by atoms with van der Waals surface area (Å²) in [6.45, 7) is 0. The van der Waals surface area contributed by atoms with E-state index in [0.717, 1.165) is 11.1 Å². The Morgan fingerprint density at radius 3 is 1.79 bits per heavy atom. The van der Waals surface area contributed by atoms with Crippen LogP contribution in [0.15, 0.2) is 30.5 Å². The quantitative estimate of drug-likeness (QED) is 0.172. The Labute approximate surface area is 162 Å². The van der Waals surface area contributed by atoms with E-state index < -0.39 is 23.5 Å². The Morgan fingerprint density at radius 1 is 0.929 bits per heavy atom. The molecule has 2 aromatic rings. The Hall–Kier alpha value is -1.47. The van der Waals surface area contributed by atoms with Crippen LogP contribution >= 0.6 is 35.7 Å². The monoisotopic (exact) mass is 476 g/mol. The van der Waals surface area contributed by atoms with Crippen LogP contribution in [0.5, 0.6) is 0 Å². The van der Waals surface area contributed by atoms with Crippen LogP contribution in [0.4, 0.5) is 11.5 Å². The van der Waals surface area contributed by atoms with Crippen molar-refractivity contribution in [1.82, 2.24) is 9.97 Å².